The van der Waals surface area contributed by atoms with Crippen LogP contribution in [0.1, 0.15) is 24.3 Å². The second-order valence-electron chi connectivity index (χ2n) is 6.32. The van der Waals surface area contributed by atoms with Crippen molar-refractivity contribution in [3.8, 4) is 0 Å². The maximum absolute atomic E-state index is 12.9. The van der Waals surface area contributed by atoms with Crippen LogP contribution in [-0.4, -0.2) is 71.1 Å². The van der Waals surface area contributed by atoms with Gasteiger partial charge in [-0.2, -0.15) is 0 Å². The predicted molar refractivity (Wildman–Crippen MR) is 106 cm³/mol. The summed E-state index contributed by atoms with van der Waals surface area (Å²) in [5, 5.41) is 0. The van der Waals surface area contributed by atoms with Gasteiger partial charge < -0.3 is 19.4 Å². The highest BCUT2D eigenvalue weighted by molar-refractivity contribution is 5.93. The number of rotatable bonds is 5. The van der Waals surface area contributed by atoms with Gasteiger partial charge in [-0.3, -0.25) is 4.79 Å². The molecular formula is C20H25N5O3. The van der Waals surface area contributed by atoms with Crippen LogP contribution in [0.5, 0.6) is 0 Å². The molecule has 0 aliphatic carbocycles. The lowest BCUT2D eigenvalue weighted by atomic mass is 10.2. The number of piperazine rings is 1. The number of hydrogen-bond acceptors (Lipinski definition) is 6. The third-order valence-corrected chi connectivity index (χ3v) is 4.63. The first kappa shape index (κ1) is 19.6. The Hall–Kier alpha value is -3.16. The molecule has 0 bridgehead atoms. The average Bonchev–Trinajstić information content (AvgIpc) is 2.75. The van der Waals surface area contributed by atoms with Gasteiger partial charge in [0, 0.05) is 44.5 Å². The molecule has 3 rings (SSSR count). The van der Waals surface area contributed by atoms with Gasteiger partial charge in [0.05, 0.1) is 6.61 Å². The van der Waals surface area contributed by atoms with E-state index < -0.39 is 0 Å². The molecule has 0 spiro atoms. The third-order valence-electron chi connectivity index (χ3n) is 4.63. The van der Waals surface area contributed by atoms with Crippen LogP contribution in [-0.2, 0) is 4.74 Å². The lowest BCUT2D eigenvalue weighted by Crippen LogP contribution is -2.50. The van der Waals surface area contributed by atoms with Gasteiger partial charge in [0.1, 0.15) is 17.8 Å². The Balaban J connectivity index is 1.70. The van der Waals surface area contributed by atoms with Gasteiger partial charge >= 0.3 is 6.09 Å². The van der Waals surface area contributed by atoms with E-state index in [-0.39, 0.29) is 12.0 Å². The van der Waals surface area contributed by atoms with E-state index in [4.69, 9.17) is 4.74 Å². The molecule has 1 aliphatic rings. The van der Waals surface area contributed by atoms with E-state index in [1.54, 1.807) is 22.8 Å². The highest BCUT2D eigenvalue weighted by Crippen LogP contribution is 2.23. The first-order chi connectivity index (χ1) is 13.6. The zero-order valence-corrected chi connectivity index (χ0v) is 16.2. The van der Waals surface area contributed by atoms with Gasteiger partial charge in [0.25, 0.3) is 5.91 Å². The number of ether oxygens (including phenoxy) is 1. The van der Waals surface area contributed by atoms with Crippen LogP contribution < -0.4 is 4.90 Å². The Morgan fingerprint density at radius 2 is 1.71 bits per heavy atom. The smallest absolute Gasteiger partial charge is 0.409 e. The van der Waals surface area contributed by atoms with Gasteiger partial charge in [-0.1, -0.05) is 18.2 Å². The second kappa shape index (κ2) is 9.16. The monoisotopic (exact) mass is 383 g/mol. The summed E-state index contributed by atoms with van der Waals surface area (Å²) in [6.45, 7) is 6.68. The Kier molecular flexibility index (Phi) is 6.41. The molecule has 1 aliphatic heterocycles. The molecule has 8 heteroatoms. The number of anilines is 2. The van der Waals surface area contributed by atoms with E-state index in [2.05, 4.69) is 9.97 Å². The summed E-state index contributed by atoms with van der Waals surface area (Å²) in [4.78, 5) is 38.6. The molecule has 1 saturated heterocycles. The number of nitrogens with zero attached hydrogens (tertiary/aromatic N) is 5. The maximum atomic E-state index is 12.9. The SMILES string of the molecule is CCOC(=O)N1CCN(C(=O)c2cc(N(CC)c3ccccc3)ncn2)CC1. The van der Waals surface area contributed by atoms with Gasteiger partial charge in [-0.05, 0) is 26.0 Å². The molecule has 148 valence electrons. The summed E-state index contributed by atoms with van der Waals surface area (Å²) >= 11 is 0. The number of para-hydroxylation sites is 1. The molecule has 2 aromatic rings. The van der Waals surface area contributed by atoms with E-state index in [0.29, 0.717) is 50.8 Å². The zero-order valence-electron chi connectivity index (χ0n) is 16.2. The Labute approximate surface area is 164 Å². The minimum Gasteiger partial charge on any atom is -0.450 e. The minimum atomic E-state index is -0.333. The third kappa shape index (κ3) is 4.39. The molecule has 2 amide bonds. The lowest BCUT2D eigenvalue weighted by molar-refractivity contribution is 0.0566. The minimum absolute atomic E-state index is 0.156. The van der Waals surface area contributed by atoms with Crippen LogP contribution in [0.15, 0.2) is 42.7 Å². The summed E-state index contributed by atoms with van der Waals surface area (Å²) in [5.41, 5.74) is 1.36. The van der Waals surface area contributed by atoms with Crippen molar-refractivity contribution in [2.75, 3.05) is 44.2 Å². The van der Waals surface area contributed by atoms with Crippen molar-refractivity contribution < 1.29 is 14.3 Å². The molecule has 8 nitrogen and oxygen atoms in total. The number of hydrogen-bond donors (Lipinski definition) is 0. The van der Waals surface area contributed by atoms with Crippen LogP contribution in [0.25, 0.3) is 0 Å². The normalized spacial score (nSPS) is 13.9. The number of carbonyl (C=O) groups is 2. The molecule has 0 unspecified atom stereocenters. The lowest BCUT2D eigenvalue weighted by Gasteiger charge is -2.34. The second-order valence-corrected chi connectivity index (χ2v) is 6.32. The van der Waals surface area contributed by atoms with Gasteiger partial charge in [0.2, 0.25) is 0 Å². The van der Waals surface area contributed by atoms with Crippen molar-refractivity contribution >= 4 is 23.5 Å². The van der Waals surface area contributed by atoms with E-state index in [1.165, 1.54) is 6.33 Å². The van der Waals surface area contributed by atoms with Crippen molar-refractivity contribution in [2.24, 2.45) is 0 Å². The molecular weight excluding hydrogens is 358 g/mol. The summed E-state index contributed by atoms with van der Waals surface area (Å²) < 4.78 is 5.02. The fraction of sp³-hybridized carbons (Fsp3) is 0.400. The molecule has 0 atom stereocenters. The van der Waals surface area contributed by atoms with E-state index >= 15 is 0 Å². The molecule has 2 heterocycles. The Morgan fingerprint density at radius 3 is 2.36 bits per heavy atom. The molecule has 0 saturated carbocycles. The highest BCUT2D eigenvalue weighted by Gasteiger charge is 2.26. The predicted octanol–water partition coefficient (Wildman–Crippen LogP) is 2.55. The van der Waals surface area contributed by atoms with Crippen molar-refractivity contribution in [3.63, 3.8) is 0 Å². The summed E-state index contributed by atoms with van der Waals surface area (Å²) in [5.74, 6) is 0.522. The van der Waals surface area contributed by atoms with Crippen LogP contribution >= 0.6 is 0 Å². The van der Waals surface area contributed by atoms with Crippen molar-refractivity contribution in [1.82, 2.24) is 19.8 Å². The quantitative estimate of drug-likeness (QED) is 0.790. The van der Waals surface area contributed by atoms with Crippen LogP contribution in [0.3, 0.4) is 0 Å². The van der Waals surface area contributed by atoms with Crippen LogP contribution in [0.2, 0.25) is 0 Å². The summed E-state index contributed by atoms with van der Waals surface area (Å²) in [6, 6.07) is 11.6. The van der Waals surface area contributed by atoms with Crippen LogP contribution in [0.4, 0.5) is 16.3 Å². The zero-order chi connectivity index (χ0) is 19.9. The van der Waals surface area contributed by atoms with Gasteiger partial charge in [-0.15, -0.1) is 0 Å². The number of carbonyl (C=O) groups excluding carboxylic acids is 2. The average molecular weight is 383 g/mol. The first-order valence-electron chi connectivity index (χ1n) is 9.49. The van der Waals surface area contributed by atoms with Crippen molar-refractivity contribution in [1.29, 1.82) is 0 Å². The number of benzene rings is 1. The van der Waals surface area contributed by atoms with Gasteiger partial charge in [0.15, 0.2) is 0 Å². The Bertz CT molecular complexity index is 806. The molecule has 1 fully saturated rings. The standard InChI is InChI=1S/C20H25N5O3/c1-3-25(16-8-6-5-7-9-16)18-14-17(21-15-22-18)19(26)23-10-12-24(13-11-23)20(27)28-4-2/h5-9,14-15H,3-4,10-13H2,1-2H3. The topological polar surface area (TPSA) is 78.9 Å². The number of aromatic nitrogens is 2. The fourth-order valence-electron chi connectivity index (χ4n) is 3.17. The summed E-state index contributed by atoms with van der Waals surface area (Å²) in [7, 11) is 0. The van der Waals surface area contributed by atoms with Crippen molar-refractivity contribution in [2.45, 2.75) is 13.8 Å². The molecule has 0 N–H and O–H groups in total. The van der Waals surface area contributed by atoms with E-state index in [9.17, 15) is 9.59 Å². The highest BCUT2D eigenvalue weighted by atomic mass is 16.6. The van der Waals surface area contributed by atoms with E-state index in [1.807, 2.05) is 42.2 Å². The molecule has 1 aromatic heterocycles. The fourth-order valence-corrected chi connectivity index (χ4v) is 3.17. The Morgan fingerprint density at radius 1 is 1.04 bits per heavy atom. The van der Waals surface area contributed by atoms with Gasteiger partial charge in [-0.25, -0.2) is 14.8 Å². The first-order valence-corrected chi connectivity index (χ1v) is 9.49. The number of amides is 2. The molecule has 0 radical (unpaired) electrons. The van der Waals surface area contributed by atoms with E-state index in [0.717, 1.165) is 5.69 Å². The van der Waals surface area contributed by atoms with Crippen LogP contribution in [0, 0.1) is 0 Å². The molecule has 28 heavy (non-hydrogen) atoms. The summed E-state index contributed by atoms with van der Waals surface area (Å²) in [6.07, 6.45) is 1.09. The molecule has 1 aromatic carbocycles. The largest absolute Gasteiger partial charge is 0.450 e. The maximum Gasteiger partial charge on any atom is 0.409 e. The van der Waals surface area contributed by atoms with Crippen molar-refractivity contribution in [3.05, 3.63) is 48.4 Å².